The van der Waals surface area contributed by atoms with Crippen LogP contribution in [0.5, 0.6) is 0 Å². The summed E-state index contributed by atoms with van der Waals surface area (Å²) in [5.41, 5.74) is 0.743. The smallest absolute Gasteiger partial charge is 0.308 e. The lowest BCUT2D eigenvalue weighted by Crippen LogP contribution is -2.18. The van der Waals surface area contributed by atoms with Crippen molar-refractivity contribution in [3.63, 3.8) is 0 Å². The van der Waals surface area contributed by atoms with Crippen LogP contribution in [0.2, 0.25) is 0 Å². The topological polar surface area (TPSA) is 66.9 Å². The maximum Gasteiger partial charge on any atom is 0.324 e. The van der Waals surface area contributed by atoms with Crippen LogP contribution in [-0.2, 0) is 0 Å². The van der Waals surface area contributed by atoms with Gasteiger partial charge >= 0.3 is 6.03 Å². The Bertz CT molecular complexity index is 442. The first-order valence-electron chi connectivity index (χ1n) is 7.25. The van der Waals surface area contributed by atoms with Crippen molar-refractivity contribution < 1.29 is 7.65 Å². The number of nitrogens with zero attached hydrogens (tertiary/aromatic N) is 2. The van der Waals surface area contributed by atoms with Crippen LogP contribution in [0.1, 0.15) is 44.4 Å². The second-order valence-electron chi connectivity index (χ2n) is 2.73. The van der Waals surface area contributed by atoms with Crippen molar-refractivity contribution >= 4 is 28.3 Å². The van der Waals surface area contributed by atoms with E-state index in [4.69, 9.17) is 0 Å². The third kappa shape index (κ3) is 10.5. The van der Waals surface area contributed by atoms with Crippen molar-refractivity contribution in [1.82, 2.24) is 9.59 Å². The zero-order valence-electron chi connectivity index (χ0n) is 13.7. The molecule has 1 heterocycles. The first-order chi connectivity index (χ1) is 10.3. The summed E-state index contributed by atoms with van der Waals surface area (Å²) in [6.07, 6.45) is 1.50. The molecule has 2 N–H and O–H groups in total. The van der Waals surface area contributed by atoms with E-state index < -0.39 is 0 Å². The molecule has 0 aliphatic heterocycles. The number of para-hydroxylation sites is 1. The van der Waals surface area contributed by atoms with E-state index in [2.05, 4.69) is 20.2 Å². The van der Waals surface area contributed by atoms with E-state index in [1.807, 2.05) is 71.9 Å². The zero-order valence-corrected chi connectivity index (χ0v) is 14.5. The van der Waals surface area contributed by atoms with Crippen LogP contribution in [-0.4, -0.2) is 15.6 Å². The number of carbonyl (C=O) groups excluding carboxylic acids is 1. The fourth-order valence-electron chi connectivity index (χ4n) is 1.02. The molecule has 0 aliphatic carbocycles. The van der Waals surface area contributed by atoms with E-state index in [9.17, 15) is 4.79 Å². The summed E-state index contributed by atoms with van der Waals surface area (Å²) in [5, 5.41) is 9.52. The third-order valence-corrected chi connectivity index (χ3v) is 2.21. The van der Waals surface area contributed by atoms with Crippen molar-refractivity contribution in [3.8, 4) is 0 Å². The highest BCUT2D eigenvalue weighted by molar-refractivity contribution is 7.10. The van der Waals surface area contributed by atoms with Crippen LogP contribution < -0.4 is 10.6 Å². The highest BCUT2D eigenvalue weighted by Gasteiger charge is 2.03. The lowest BCUT2D eigenvalue weighted by atomic mass is 10.3. The highest BCUT2D eigenvalue weighted by atomic mass is 32.1. The Balaban J connectivity index is -0.000000204. The van der Waals surface area contributed by atoms with E-state index in [0.29, 0.717) is 5.00 Å². The SMILES string of the molecule is CC.CC.CC.O=C(Nc1ccccc1)Nc1cnns1.[HH].[HH]. The van der Waals surface area contributed by atoms with Gasteiger partial charge in [-0.3, -0.25) is 5.32 Å². The van der Waals surface area contributed by atoms with Gasteiger partial charge in [0.2, 0.25) is 0 Å². The van der Waals surface area contributed by atoms with Gasteiger partial charge in [0.15, 0.2) is 0 Å². The van der Waals surface area contributed by atoms with Gasteiger partial charge in [0, 0.05) is 20.1 Å². The molecule has 1 aromatic heterocycles. The van der Waals surface area contributed by atoms with E-state index in [0.717, 1.165) is 17.2 Å². The molecule has 21 heavy (non-hydrogen) atoms. The third-order valence-electron chi connectivity index (χ3n) is 1.63. The Morgan fingerprint density at radius 2 is 1.57 bits per heavy atom. The molecule has 0 unspecified atom stereocenters. The molecule has 2 amide bonds. The molecule has 0 fully saturated rings. The number of aromatic nitrogens is 2. The average molecular weight is 314 g/mol. The summed E-state index contributed by atoms with van der Waals surface area (Å²) in [4.78, 5) is 11.4. The van der Waals surface area contributed by atoms with Crippen molar-refractivity contribution in [2.75, 3.05) is 10.6 Å². The van der Waals surface area contributed by atoms with Crippen molar-refractivity contribution in [3.05, 3.63) is 36.5 Å². The molecule has 2 aromatic rings. The molecule has 0 aliphatic rings. The molecule has 0 saturated carbocycles. The molecule has 5 nitrogen and oxygen atoms in total. The Morgan fingerprint density at radius 3 is 2.05 bits per heavy atom. The number of hydrogen-bond donors (Lipinski definition) is 2. The summed E-state index contributed by atoms with van der Waals surface area (Å²) in [7, 11) is 0. The fraction of sp³-hybridized carbons (Fsp3) is 0.400. The monoisotopic (exact) mass is 314 g/mol. The largest absolute Gasteiger partial charge is 0.324 e. The minimum Gasteiger partial charge on any atom is -0.308 e. The van der Waals surface area contributed by atoms with E-state index >= 15 is 0 Å². The molecule has 0 radical (unpaired) electrons. The molecule has 2 rings (SSSR count). The number of urea groups is 1. The number of anilines is 2. The van der Waals surface area contributed by atoms with E-state index in [-0.39, 0.29) is 8.88 Å². The predicted molar refractivity (Wildman–Crippen MR) is 97.3 cm³/mol. The van der Waals surface area contributed by atoms with Crippen LogP contribution in [0.25, 0.3) is 0 Å². The average Bonchev–Trinajstić information content (AvgIpc) is 3.07. The highest BCUT2D eigenvalue weighted by Crippen LogP contribution is 2.10. The number of benzene rings is 1. The predicted octanol–water partition coefficient (Wildman–Crippen LogP) is 5.75. The molecule has 0 bridgehead atoms. The van der Waals surface area contributed by atoms with Gasteiger partial charge in [-0.15, -0.1) is 5.10 Å². The Labute approximate surface area is 134 Å². The maximum atomic E-state index is 11.4. The molecule has 122 valence electrons. The second-order valence-corrected chi connectivity index (χ2v) is 3.51. The number of nitrogens with one attached hydrogen (secondary N) is 2. The molecular weight excluding hydrogens is 284 g/mol. The van der Waals surface area contributed by atoms with Gasteiger partial charge in [-0.1, -0.05) is 64.2 Å². The van der Waals surface area contributed by atoms with Crippen LogP contribution in [0.3, 0.4) is 0 Å². The van der Waals surface area contributed by atoms with Gasteiger partial charge in [-0.25, -0.2) is 4.79 Å². The minimum atomic E-state index is -0.299. The normalized spacial score (nSPS) is 7.71. The molecular formula is C15H30N4OS. The summed E-state index contributed by atoms with van der Waals surface area (Å²) in [6.45, 7) is 12.0. The van der Waals surface area contributed by atoms with Gasteiger partial charge < -0.3 is 5.32 Å². The summed E-state index contributed by atoms with van der Waals surface area (Å²) in [5.74, 6) is 0. The molecule has 0 atom stereocenters. The van der Waals surface area contributed by atoms with Gasteiger partial charge in [-0.05, 0) is 12.1 Å². The van der Waals surface area contributed by atoms with Gasteiger partial charge in [0.05, 0.1) is 6.20 Å². The van der Waals surface area contributed by atoms with Gasteiger partial charge in [0.25, 0.3) is 0 Å². The minimum absolute atomic E-state index is 0. The number of rotatable bonds is 2. The number of hydrogen-bond acceptors (Lipinski definition) is 4. The number of amides is 2. The second kappa shape index (κ2) is 16.1. The van der Waals surface area contributed by atoms with Crippen LogP contribution in [0.15, 0.2) is 36.5 Å². The molecule has 6 heteroatoms. The Hall–Kier alpha value is -1.95. The lowest BCUT2D eigenvalue weighted by molar-refractivity contribution is 0.262. The maximum absolute atomic E-state index is 11.4. The van der Waals surface area contributed by atoms with E-state index in [1.165, 1.54) is 6.20 Å². The lowest BCUT2D eigenvalue weighted by Gasteiger charge is -2.04. The standard InChI is InChI=1S/C9H8N4OS.3C2H6.2H2/c14-9(12-8-6-10-13-15-8)11-7-4-2-1-3-5-7;3*1-2;;/h1-6H,(H2,11,12,14);3*1-2H3;2*1H. The quantitative estimate of drug-likeness (QED) is 0.741. The fourth-order valence-corrected chi connectivity index (χ4v) is 1.43. The number of carbonyl (C=O) groups is 1. The molecule has 0 spiro atoms. The first-order valence-corrected chi connectivity index (χ1v) is 8.02. The van der Waals surface area contributed by atoms with Crippen LogP contribution >= 0.6 is 11.5 Å². The summed E-state index contributed by atoms with van der Waals surface area (Å²) >= 11 is 1.13. The van der Waals surface area contributed by atoms with Gasteiger partial charge in [0.1, 0.15) is 5.00 Å². The van der Waals surface area contributed by atoms with Crippen molar-refractivity contribution in [1.29, 1.82) is 0 Å². The van der Waals surface area contributed by atoms with Gasteiger partial charge in [-0.2, -0.15) is 0 Å². The van der Waals surface area contributed by atoms with Crippen LogP contribution in [0.4, 0.5) is 15.5 Å². The first kappa shape index (κ1) is 21.4. The molecule has 1 aromatic carbocycles. The Morgan fingerprint density at radius 1 is 1.00 bits per heavy atom. The summed E-state index contributed by atoms with van der Waals surface area (Å²) < 4.78 is 3.63. The summed E-state index contributed by atoms with van der Waals surface area (Å²) in [6, 6.07) is 8.91. The molecule has 0 saturated heterocycles. The van der Waals surface area contributed by atoms with Crippen molar-refractivity contribution in [2.24, 2.45) is 0 Å². The Kier molecular flexibility index (Phi) is 16.4. The van der Waals surface area contributed by atoms with Crippen molar-refractivity contribution in [2.45, 2.75) is 41.5 Å². The van der Waals surface area contributed by atoms with E-state index in [1.54, 1.807) is 0 Å². The zero-order chi connectivity index (χ0) is 16.5. The van der Waals surface area contributed by atoms with Crippen LogP contribution in [0, 0.1) is 0 Å².